The quantitative estimate of drug-likeness (QED) is 0.545. The molecule has 0 atom stereocenters. The maximum Gasteiger partial charge on any atom is 0.416 e. The van der Waals surface area contributed by atoms with Crippen LogP contribution in [0.3, 0.4) is 0 Å². The van der Waals surface area contributed by atoms with Crippen LogP contribution in [0.1, 0.15) is 37.3 Å². The fourth-order valence-electron chi connectivity index (χ4n) is 4.61. The highest BCUT2D eigenvalue weighted by Gasteiger charge is 2.30. The molecule has 2 aromatic carbocycles. The van der Waals surface area contributed by atoms with Crippen LogP contribution in [0.2, 0.25) is 0 Å². The molecule has 2 heterocycles. The topological polar surface area (TPSA) is 36.0 Å². The zero-order chi connectivity index (χ0) is 24.8. The monoisotopic (exact) mass is 489 g/mol. The minimum Gasteiger partial charge on any atom is -0.489 e. The number of alkyl halides is 3. The lowest BCUT2D eigenvalue weighted by atomic mass is 9.99. The lowest BCUT2D eigenvalue weighted by Crippen LogP contribution is -2.47. The number of carbonyl (C=O) groups excluding carboxylic acids is 1. The van der Waals surface area contributed by atoms with Gasteiger partial charge in [0.2, 0.25) is 5.91 Å². The van der Waals surface area contributed by atoms with Crippen LogP contribution in [-0.4, -0.2) is 61.5 Å². The van der Waals surface area contributed by atoms with E-state index in [2.05, 4.69) is 16.7 Å². The van der Waals surface area contributed by atoms with E-state index in [-0.39, 0.29) is 12.5 Å². The number of hydrogen-bond donors (Lipinski definition) is 0. The number of likely N-dealkylation sites (tertiary alicyclic amines) is 1. The smallest absolute Gasteiger partial charge is 0.416 e. The van der Waals surface area contributed by atoms with Gasteiger partial charge in [0, 0.05) is 57.9 Å². The minimum atomic E-state index is -4.33. The number of nitrogens with zero attached hydrogens (tertiary/aromatic N) is 3. The molecule has 0 bridgehead atoms. The third kappa shape index (κ3) is 7.13. The number of rotatable bonds is 7. The zero-order valence-corrected chi connectivity index (χ0v) is 20.3. The van der Waals surface area contributed by atoms with Gasteiger partial charge in [0.25, 0.3) is 0 Å². The lowest BCUT2D eigenvalue weighted by Gasteiger charge is -2.36. The number of anilines is 1. The lowest BCUT2D eigenvalue weighted by molar-refractivity contribution is -0.137. The van der Waals surface area contributed by atoms with Crippen molar-refractivity contribution in [2.45, 2.75) is 39.0 Å². The third-order valence-electron chi connectivity index (χ3n) is 7.04. The van der Waals surface area contributed by atoms with Crippen molar-refractivity contribution in [3.8, 4) is 5.75 Å². The van der Waals surface area contributed by atoms with E-state index in [0.717, 1.165) is 82.4 Å². The third-order valence-corrected chi connectivity index (χ3v) is 7.04. The average Bonchev–Trinajstić information content (AvgIpc) is 2.87. The molecule has 2 saturated heterocycles. The van der Waals surface area contributed by atoms with E-state index in [1.54, 1.807) is 0 Å². The Labute approximate surface area is 205 Å². The number of benzene rings is 2. The molecule has 0 aromatic heterocycles. The maximum atomic E-state index is 12.7. The molecule has 0 radical (unpaired) electrons. The van der Waals surface area contributed by atoms with Crippen molar-refractivity contribution in [3.05, 3.63) is 59.7 Å². The number of hydrogen-bond acceptors (Lipinski definition) is 4. The number of ether oxygens (including phenoxy) is 1. The molecule has 2 aliphatic rings. The Morgan fingerprint density at radius 1 is 0.914 bits per heavy atom. The summed E-state index contributed by atoms with van der Waals surface area (Å²) >= 11 is 0. The number of carbonyl (C=O) groups is 1. The summed E-state index contributed by atoms with van der Waals surface area (Å²) in [5.41, 5.74) is 1.14. The Kier molecular flexibility index (Phi) is 8.21. The summed E-state index contributed by atoms with van der Waals surface area (Å²) in [6.45, 7) is 8.75. The van der Waals surface area contributed by atoms with Gasteiger partial charge in [0.15, 0.2) is 0 Å². The van der Waals surface area contributed by atoms with E-state index < -0.39 is 11.7 Å². The first kappa shape index (κ1) is 25.4. The Hall–Kier alpha value is -2.74. The number of amides is 1. The second-order valence-corrected chi connectivity index (χ2v) is 9.62. The van der Waals surface area contributed by atoms with Gasteiger partial charge in [-0.05, 0) is 60.7 Å². The normalized spacial score (nSPS) is 18.1. The first-order valence-corrected chi connectivity index (χ1v) is 12.4. The maximum absolute atomic E-state index is 12.7. The average molecular weight is 490 g/mol. The van der Waals surface area contributed by atoms with Crippen LogP contribution in [0.15, 0.2) is 48.5 Å². The van der Waals surface area contributed by atoms with Gasteiger partial charge in [-0.25, -0.2) is 0 Å². The Morgan fingerprint density at radius 3 is 2.14 bits per heavy atom. The minimum absolute atomic E-state index is 0.214. The van der Waals surface area contributed by atoms with Gasteiger partial charge in [-0.1, -0.05) is 19.1 Å². The fraction of sp³-hybridized carbons (Fsp3) is 0.519. The molecular formula is C27H34F3N3O2. The van der Waals surface area contributed by atoms with E-state index in [0.29, 0.717) is 17.7 Å². The van der Waals surface area contributed by atoms with Crippen molar-refractivity contribution >= 4 is 11.6 Å². The van der Waals surface area contributed by atoms with Crippen LogP contribution in [0.25, 0.3) is 0 Å². The molecule has 1 amide bonds. The summed E-state index contributed by atoms with van der Waals surface area (Å²) in [5.74, 6) is 1.69. The van der Waals surface area contributed by atoms with Crippen molar-refractivity contribution in [1.82, 2.24) is 9.80 Å². The second-order valence-electron chi connectivity index (χ2n) is 9.62. The molecule has 0 N–H and O–H groups in total. The molecule has 4 rings (SSSR count). The van der Waals surface area contributed by atoms with Gasteiger partial charge >= 0.3 is 6.18 Å². The molecule has 2 fully saturated rings. The predicted octanol–water partition coefficient (Wildman–Crippen LogP) is 5.06. The highest BCUT2D eigenvalue weighted by molar-refractivity contribution is 5.76. The molecule has 0 unspecified atom stereocenters. The molecule has 0 aliphatic carbocycles. The van der Waals surface area contributed by atoms with Crippen LogP contribution >= 0.6 is 0 Å². The van der Waals surface area contributed by atoms with E-state index in [9.17, 15) is 18.0 Å². The molecule has 35 heavy (non-hydrogen) atoms. The zero-order valence-electron chi connectivity index (χ0n) is 20.3. The molecule has 2 aromatic rings. The van der Waals surface area contributed by atoms with Crippen molar-refractivity contribution in [3.63, 3.8) is 0 Å². The van der Waals surface area contributed by atoms with E-state index in [4.69, 9.17) is 4.74 Å². The van der Waals surface area contributed by atoms with Gasteiger partial charge in [-0.15, -0.1) is 0 Å². The summed E-state index contributed by atoms with van der Waals surface area (Å²) in [6, 6.07) is 12.8. The fourth-order valence-corrected chi connectivity index (χ4v) is 4.61. The molecule has 0 saturated carbocycles. The summed E-state index contributed by atoms with van der Waals surface area (Å²) < 4.78 is 43.8. The summed E-state index contributed by atoms with van der Waals surface area (Å²) in [5, 5.41) is 0. The summed E-state index contributed by atoms with van der Waals surface area (Å²) in [4.78, 5) is 19.2. The number of halogens is 3. The molecular weight excluding hydrogens is 455 g/mol. The second kappa shape index (κ2) is 11.3. The Morgan fingerprint density at radius 2 is 1.54 bits per heavy atom. The van der Waals surface area contributed by atoms with Crippen molar-refractivity contribution < 1.29 is 22.7 Å². The SMILES string of the molecule is CC1CCN(C(=O)CCN2CCN(c3ccc(OCc4ccc(C(F)(F)F)cc4)cc3)CC2)CC1. The highest BCUT2D eigenvalue weighted by atomic mass is 19.4. The standard InChI is InChI=1S/C27H34F3N3O2/c1-21-10-14-33(15-11-21)26(34)12-13-31-16-18-32(19-17-31)24-6-8-25(9-7-24)35-20-22-2-4-23(5-3-22)27(28,29)30/h2-9,21H,10-20H2,1H3. The largest absolute Gasteiger partial charge is 0.489 e. The molecule has 190 valence electrons. The predicted molar refractivity (Wildman–Crippen MR) is 130 cm³/mol. The number of piperidine rings is 1. The van der Waals surface area contributed by atoms with E-state index in [1.165, 1.54) is 12.1 Å². The van der Waals surface area contributed by atoms with E-state index in [1.807, 2.05) is 29.2 Å². The van der Waals surface area contributed by atoms with Crippen molar-refractivity contribution in [2.75, 3.05) is 50.7 Å². The van der Waals surface area contributed by atoms with Gasteiger partial charge < -0.3 is 14.5 Å². The first-order chi connectivity index (χ1) is 16.8. The van der Waals surface area contributed by atoms with E-state index >= 15 is 0 Å². The molecule has 0 spiro atoms. The first-order valence-electron chi connectivity index (χ1n) is 12.4. The number of piperazine rings is 1. The van der Waals surface area contributed by atoms with Crippen LogP contribution in [0.5, 0.6) is 5.75 Å². The van der Waals surface area contributed by atoms with Gasteiger partial charge in [-0.2, -0.15) is 13.2 Å². The van der Waals surface area contributed by atoms with Crippen LogP contribution in [-0.2, 0) is 17.6 Å². The van der Waals surface area contributed by atoms with Gasteiger partial charge in [0.1, 0.15) is 12.4 Å². The highest BCUT2D eigenvalue weighted by Crippen LogP contribution is 2.29. The summed E-state index contributed by atoms with van der Waals surface area (Å²) in [7, 11) is 0. The van der Waals surface area contributed by atoms with Crippen LogP contribution in [0, 0.1) is 5.92 Å². The molecule has 5 nitrogen and oxygen atoms in total. The Balaban J connectivity index is 1.18. The van der Waals surface area contributed by atoms with Crippen molar-refractivity contribution in [1.29, 1.82) is 0 Å². The van der Waals surface area contributed by atoms with Crippen LogP contribution in [0.4, 0.5) is 18.9 Å². The van der Waals surface area contributed by atoms with Crippen molar-refractivity contribution in [2.24, 2.45) is 5.92 Å². The van der Waals surface area contributed by atoms with Gasteiger partial charge in [-0.3, -0.25) is 9.69 Å². The van der Waals surface area contributed by atoms with Crippen LogP contribution < -0.4 is 9.64 Å². The summed E-state index contributed by atoms with van der Waals surface area (Å²) in [6.07, 6.45) is -1.50. The molecule has 8 heteroatoms. The van der Waals surface area contributed by atoms with Gasteiger partial charge in [0.05, 0.1) is 5.56 Å². The molecule has 2 aliphatic heterocycles. The Bertz CT molecular complexity index is 947.